The number of halogens is 1. The summed E-state index contributed by atoms with van der Waals surface area (Å²) in [5, 5.41) is 0.591. The number of carbonyl (C=O) groups is 2. The maximum Gasteiger partial charge on any atom is 0.209 e. The van der Waals surface area contributed by atoms with Gasteiger partial charge in [-0.05, 0) is 55.1 Å². The fraction of sp³-hybridized carbons (Fsp3) is 0.429. The standard InChI is InChI=1S/C21H25ClN2O2/c1-21(2)9-4-10-24(14-21)13-19(25)16-11-18(23(3)12-16)20(26)15-5-7-17(22)8-6-15/h5-8,11-12H,4,9-10,13-14H2,1-3H3. The van der Waals surface area contributed by atoms with Gasteiger partial charge in [-0.25, -0.2) is 0 Å². The number of hydrogen-bond donors (Lipinski definition) is 0. The Bertz CT molecular complexity index is 821. The molecular weight excluding hydrogens is 348 g/mol. The van der Waals surface area contributed by atoms with Crippen molar-refractivity contribution in [1.82, 2.24) is 9.47 Å². The fourth-order valence-electron chi connectivity index (χ4n) is 3.67. The highest BCUT2D eigenvalue weighted by molar-refractivity contribution is 6.30. The third-order valence-electron chi connectivity index (χ3n) is 5.01. The molecule has 138 valence electrons. The molecule has 26 heavy (non-hydrogen) atoms. The van der Waals surface area contributed by atoms with Gasteiger partial charge in [0, 0.05) is 35.9 Å². The second-order valence-electron chi connectivity index (χ2n) is 7.96. The molecule has 0 saturated carbocycles. The molecule has 3 rings (SSSR count). The predicted octanol–water partition coefficient (Wildman–Crippen LogP) is 4.21. The van der Waals surface area contributed by atoms with E-state index in [1.54, 1.807) is 48.1 Å². The first-order valence-corrected chi connectivity index (χ1v) is 9.35. The summed E-state index contributed by atoms with van der Waals surface area (Å²) in [6.45, 7) is 6.78. The molecule has 0 N–H and O–H groups in total. The molecule has 1 saturated heterocycles. The number of ketones is 2. The van der Waals surface area contributed by atoms with Gasteiger partial charge in [0.05, 0.1) is 12.2 Å². The highest BCUT2D eigenvalue weighted by Gasteiger charge is 2.28. The maximum absolute atomic E-state index is 12.7. The van der Waals surface area contributed by atoms with Crippen LogP contribution in [0, 0.1) is 5.41 Å². The summed E-state index contributed by atoms with van der Waals surface area (Å²) in [5.74, 6) is -0.0456. The Morgan fingerprint density at radius 1 is 1.15 bits per heavy atom. The molecule has 0 atom stereocenters. The van der Waals surface area contributed by atoms with E-state index in [-0.39, 0.29) is 17.0 Å². The summed E-state index contributed by atoms with van der Waals surface area (Å²) < 4.78 is 1.73. The molecule has 2 heterocycles. The fourth-order valence-corrected chi connectivity index (χ4v) is 3.79. The number of hydrogen-bond acceptors (Lipinski definition) is 3. The molecule has 1 aliphatic heterocycles. The number of likely N-dealkylation sites (tertiary alicyclic amines) is 1. The van der Waals surface area contributed by atoms with Crippen molar-refractivity contribution in [1.29, 1.82) is 0 Å². The van der Waals surface area contributed by atoms with Crippen LogP contribution in [0.4, 0.5) is 0 Å². The van der Waals surface area contributed by atoms with Crippen LogP contribution in [0.1, 0.15) is 53.1 Å². The lowest BCUT2D eigenvalue weighted by Crippen LogP contribution is -2.42. The van der Waals surface area contributed by atoms with E-state index in [1.165, 1.54) is 6.42 Å². The number of aryl methyl sites for hydroxylation is 1. The van der Waals surface area contributed by atoms with Gasteiger partial charge in [0.1, 0.15) is 0 Å². The zero-order chi connectivity index (χ0) is 18.9. The Labute approximate surface area is 159 Å². The number of aromatic nitrogens is 1. The van der Waals surface area contributed by atoms with Crippen LogP contribution in [0.25, 0.3) is 0 Å². The third-order valence-corrected chi connectivity index (χ3v) is 5.26. The number of piperidine rings is 1. The summed E-state index contributed by atoms with van der Waals surface area (Å²) in [5.41, 5.74) is 1.92. The lowest BCUT2D eigenvalue weighted by atomic mass is 9.84. The van der Waals surface area contributed by atoms with E-state index in [4.69, 9.17) is 11.6 Å². The molecule has 0 bridgehead atoms. The molecule has 0 unspecified atom stereocenters. The van der Waals surface area contributed by atoms with Crippen LogP contribution >= 0.6 is 11.6 Å². The number of benzene rings is 1. The second-order valence-corrected chi connectivity index (χ2v) is 8.40. The molecule has 1 fully saturated rings. The molecule has 0 amide bonds. The summed E-state index contributed by atoms with van der Waals surface area (Å²) in [6, 6.07) is 8.50. The minimum atomic E-state index is -0.109. The first-order chi connectivity index (χ1) is 12.2. The molecule has 1 aromatic heterocycles. The Kier molecular flexibility index (Phi) is 5.35. The van der Waals surface area contributed by atoms with Crippen molar-refractivity contribution >= 4 is 23.2 Å². The van der Waals surface area contributed by atoms with E-state index in [9.17, 15) is 9.59 Å². The number of nitrogens with zero attached hydrogens (tertiary/aromatic N) is 2. The summed E-state index contributed by atoms with van der Waals surface area (Å²) in [4.78, 5) is 27.6. The summed E-state index contributed by atoms with van der Waals surface area (Å²) >= 11 is 5.89. The highest BCUT2D eigenvalue weighted by Crippen LogP contribution is 2.28. The Morgan fingerprint density at radius 3 is 2.50 bits per heavy atom. The van der Waals surface area contributed by atoms with E-state index in [0.717, 1.165) is 19.5 Å². The smallest absolute Gasteiger partial charge is 0.209 e. The molecule has 2 aromatic rings. The van der Waals surface area contributed by atoms with E-state index in [0.29, 0.717) is 28.4 Å². The lowest BCUT2D eigenvalue weighted by molar-refractivity contribution is 0.0809. The Morgan fingerprint density at radius 2 is 1.85 bits per heavy atom. The van der Waals surface area contributed by atoms with Crippen LogP contribution in [0.2, 0.25) is 5.02 Å². The van der Waals surface area contributed by atoms with Crippen molar-refractivity contribution in [2.75, 3.05) is 19.6 Å². The van der Waals surface area contributed by atoms with E-state index in [1.807, 2.05) is 0 Å². The molecule has 1 aliphatic rings. The molecule has 5 heteroatoms. The average molecular weight is 373 g/mol. The van der Waals surface area contributed by atoms with Crippen LogP contribution < -0.4 is 0 Å². The minimum absolute atomic E-state index is 0.0634. The van der Waals surface area contributed by atoms with Crippen molar-refractivity contribution in [2.45, 2.75) is 26.7 Å². The van der Waals surface area contributed by atoms with Gasteiger partial charge in [0.2, 0.25) is 5.78 Å². The molecule has 0 radical (unpaired) electrons. The van der Waals surface area contributed by atoms with Gasteiger partial charge in [0.25, 0.3) is 0 Å². The number of Topliss-reactive ketones (excluding diaryl/α,β-unsaturated/α-hetero) is 1. The molecule has 1 aromatic carbocycles. The lowest BCUT2D eigenvalue weighted by Gasteiger charge is -2.37. The zero-order valence-electron chi connectivity index (χ0n) is 15.6. The van der Waals surface area contributed by atoms with Crippen molar-refractivity contribution in [3.8, 4) is 0 Å². The van der Waals surface area contributed by atoms with Crippen molar-refractivity contribution in [2.24, 2.45) is 12.5 Å². The monoisotopic (exact) mass is 372 g/mol. The van der Waals surface area contributed by atoms with Crippen molar-refractivity contribution in [3.63, 3.8) is 0 Å². The van der Waals surface area contributed by atoms with Gasteiger partial charge in [-0.15, -0.1) is 0 Å². The van der Waals surface area contributed by atoms with E-state index < -0.39 is 0 Å². The largest absolute Gasteiger partial charge is 0.347 e. The van der Waals surface area contributed by atoms with Gasteiger partial charge >= 0.3 is 0 Å². The first-order valence-electron chi connectivity index (χ1n) is 8.97. The Balaban J connectivity index is 1.74. The van der Waals surface area contributed by atoms with Gasteiger partial charge in [0.15, 0.2) is 5.78 Å². The second kappa shape index (κ2) is 7.37. The van der Waals surface area contributed by atoms with E-state index >= 15 is 0 Å². The maximum atomic E-state index is 12.7. The van der Waals surface area contributed by atoms with Crippen molar-refractivity contribution < 1.29 is 9.59 Å². The normalized spacial score (nSPS) is 17.2. The third kappa shape index (κ3) is 4.25. The van der Waals surface area contributed by atoms with Gasteiger partial charge in [-0.2, -0.15) is 0 Å². The predicted molar refractivity (Wildman–Crippen MR) is 104 cm³/mol. The Hall–Kier alpha value is -1.91. The zero-order valence-corrected chi connectivity index (χ0v) is 16.3. The topological polar surface area (TPSA) is 42.3 Å². The molecule has 0 aliphatic carbocycles. The van der Waals surface area contributed by atoms with Gasteiger partial charge < -0.3 is 4.57 Å². The van der Waals surface area contributed by atoms with Crippen LogP contribution in [-0.2, 0) is 7.05 Å². The van der Waals surface area contributed by atoms with Gasteiger partial charge in [-0.3, -0.25) is 14.5 Å². The van der Waals surface area contributed by atoms with E-state index in [2.05, 4.69) is 18.7 Å². The summed E-state index contributed by atoms with van der Waals surface area (Å²) in [6.07, 6.45) is 4.07. The molecule has 4 nitrogen and oxygen atoms in total. The van der Waals surface area contributed by atoms with Crippen LogP contribution in [0.15, 0.2) is 36.5 Å². The molecular formula is C21H25ClN2O2. The van der Waals surface area contributed by atoms with Crippen LogP contribution in [0.3, 0.4) is 0 Å². The number of rotatable bonds is 5. The average Bonchev–Trinajstić information content (AvgIpc) is 2.96. The SMILES string of the molecule is Cn1cc(C(=O)CN2CCCC(C)(C)C2)cc1C(=O)c1ccc(Cl)cc1. The molecule has 0 spiro atoms. The van der Waals surface area contributed by atoms with Crippen LogP contribution in [-0.4, -0.2) is 40.7 Å². The van der Waals surface area contributed by atoms with Crippen LogP contribution in [0.5, 0.6) is 0 Å². The summed E-state index contributed by atoms with van der Waals surface area (Å²) in [7, 11) is 1.80. The number of carbonyl (C=O) groups excluding carboxylic acids is 2. The first kappa shape index (κ1) is 18.9. The quantitative estimate of drug-likeness (QED) is 0.738. The van der Waals surface area contributed by atoms with Gasteiger partial charge in [-0.1, -0.05) is 25.4 Å². The highest BCUT2D eigenvalue weighted by atomic mass is 35.5. The van der Waals surface area contributed by atoms with Crippen molar-refractivity contribution in [3.05, 3.63) is 58.4 Å². The minimum Gasteiger partial charge on any atom is -0.347 e.